The van der Waals surface area contributed by atoms with Crippen LogP contribution in [-0.4, -0.2) is 54.1 Å². The minimum absolute atomic E-state index is 0.0129. The van der Waals surface area contributed by atoms with Gasteiger partial charge < -0.3 is 15.0 Å². The first kappa shape index (κ1) is 33.1. The predicted octanol–water partition coefficient (Wildman–Crippen LogP) is 5.65. The van der Waals surface area contributed by atoms with Crippen molar-refractivity contribution < 1.29 is 18.9 Å². The molecule has 0 aliphatic carbocycles. The summed E-state index contributed by atoms with van der Waals surface area (Å²) in [5.41, 5.74) is 0. The van der Waals surface area contributed by atoms with E-state index in [9.17, 15) is 9.59 Å². The van der Waals surface area contributed by atoms with Crippen molar-refractivity contribution in [3.05, 3.63) is 18.7 Å². The monoisotopic (exact) mass is 521 g/mol. The number of unbranched alkanes of at least 4 members (excludes halogenated alkanes) is 11. The van der Waals surface area contributed by atoms with E-state index < -0.39 is 0 Å². The van der Waals surface area contributed by atoms with Crippen LogP contribution in [0.25, 0.3) is 0 Å². The minimum atomic E-state index is -0.156. The Morgan fingerprint density at radius 3 is 2.00 bits per heavy atom. The molecule has 0 fully saturated rings. The fourth-order valence-electron chi connectivity index (χ4n) is 4.43. The van der Waals surface area contributed by atoms with Crippen LogP contribution < -0.4 is 9.88 Å². The Morgan fingerprint density at radius 2 is 1.38 bits per heavy atom. The standard InChI is InChI=1S/C30H56N4O3/c1-4-7-10-12-14-16-22-34(23-17-15-13-11-8-5-2)30(36)27-37-26-29(35)31-19-18-21-33-25-24-32(28-33)20-9-6-3/h24-25,28H,4-23,26-27H2,1-3H3/p+1. The molecule has 7 heteroatoms. The van der Waals surface area contributed by atoms with E-state index >= 15 is 0 Å². The quantitative estimate of drug-likeness (QED) is 0.134. The van der Waals surface area contributed by atoms with Gasteiger partial charge in [0.25, 0.3) is 0 Å². The zero-order chi connectivity index (χ0) is 27.0. The summed E-state index contributed by atoms with van der Waals surface area (Å²) in [4.78, 5) is 26.9. The van der Waals surface area contributed by atoms with Gasteiger partial charge in [-0.05, 0) is 19.3 Å². The first-order valence-electron chi connectivity index (χ1n) is 15.3. The number of nitrogens with one attached hydrogen (secondary N) is 1. The molecule has 0 spiro atoms. The van der Waals surface area contributed by atoms with Crippen LogP contribution in [0.2, 0.25) is 0 Å². The molecule has 7 nitrogen and oxygen atoms in total. The Kier molecular flexibility index (Phi) is 20.8. The van der Waals surface area contributed by atoms with Crippen molar-refractivity contribution in [3.63, 3.8) is 0 Å². The normalized spacial score (nSPS) is 11.1. The van der Waals surface area contributed by atoms with Crippen molar-refractivity contribution in [1.82, 2.24) is 14.8 Å². The lowest BCUT2D eigenvalue weighted by Crippen LogP contribution is -2.38. The summed E-state index contributed by atoms with van der Waals surface area (Å²) in [6.07, 6.45) is 24.1. The molecule has 0 saturated heterocycles. The maximum Gasteiger partial charge on any atom is 0.248 e. The van der Waals surface area contributed by atoms with Crippen molar-refractivity contribution in [3.8, 4) is 0 Å². The topological polar surface area (TPSA) is 67.5 Å². The van der Waals surface area contributed by atoms with Gasteiger partial charge in [-0.3, -0.25) is 9.59 Å². The minimum Gasteiger partial charge on any atom is -0.362 e. The lowest BCUT2D eigenvalue weighted by atomic mass is 10.1. The summed E-state index contributed by atoms with van der Waals surface area (Å²) in [5.74, 6) is -0.143. The molecular formula is C30H57N4O3+. The van der Waals surface area contributed by atoms with Crippen LogP contribution >= 0.6 is 0 Å². The van der Waals surface area contributed by atoms with Crippen molar-refractivity contribution >= 4 is 11.8 Å². The third-order valence-electron chi connectivity index (χ3n) is 6.81. The van der Waals surface area contributed by atoms with Gasteiger partial charge in [0.1, 0.15) is 25.6 Å². The van der Waals surface area contributed by atoms with Gasteiger partial charge in [-0.15, -0.1) is 0 Å². The van der Waals surface area contributed by atoms with E-state index in [2.05, 4.69) is 53.9 Å². The van der Waals surface area contributed by atoms with Crippen molar-refractivity contribution in [2.24, 2.45) is 0 Å². The number of amides is 2. The summed E-state index contributed by atoms with van der Waals surface area (Å²) in [6.45, 7) is 10.7. The molecule has 214 valence electrons. The van der Waals surface area contributed by atoms with Crippen LogP contribution in [0.1, 0.15) is 117 Å². The predicted molar refractivity (Wildman–Crippen MR) is 151 cm³/mol. The molecule has 0 bridgehead atoms. The number of imidazole rings is 1. The number of hydrogen-bond acceptors (Lipinski definition) is 3. The van der Waals surface area contributed by atoms with E-state index in [0.717, 1.165) is 45.4 Å². The van der Waals surface area contributed by atoms with E-state index in [4.69, 9.17) is 4.74 Å². The van der Waals surface area contributed by atoms with Gasteiger partial charge in [-0.2, -0.15) is 0 Å². The first-order valence-corrected chi connectivity index (χ1v) is 15.3. The van der Waals surface area contributed by atoms with Gasteiger partial charge in [0.15, 0.2) is 0 Å². The van der Waals surface area contributed by atoms with E-state index in [1.54, 1.807) is 0 Å². The zero-order valence-electron chi connectivity index (χ0n) is 24.4. The summed E-state index contributed by atoms with van der Waals surface area (Å²) in [7, 11) is 0. The lowest BCUT2D eigenvalue weighted by Gasteiger charge is -2.23. The molecular weight excluding hydrogens is 464 g/mol. The van der Waals surface area contributed by atoms with Crippen LogP contribution in [0.4, 0.5) is 0 Å². The van der Waals surface area contributed by atoms with E-state index in [0.29, 0.717) is 6.54 Å². The highest BCUT2D eigenvalue weighted by Gasteiger charge is 2.14. The van der Waals surface area contributed by atoms with E-state index in [-0.39, 0.29) is 25.0 Å². The Labute approximate surface area is 227 Å². The molecule has 1 heterocycles. The maximum absolute atomic E-state index is 12.8. The molecule has 37 heavy (non-hydrogen) atoms. The highest BCUT2D eigenvalue weighted by atomic mass is 16.5. The number of carbonyl (C=O) groups excluding carboxylic acids is 2. The highest BCUT2D eigenvalue weighted by molar-refractivity contribution is 5.79. The van der Waals surface area contributed by atoms with Crippen molar-refractivity contribution in [1.29, 1.82) is 0 Å². The van der Waals surface area contributed by atoms with Crippen LogP contribution in [0.5, 0.6) is 0 Å². The van der Waals surface area contributed by atoms with Crippen LogP contribution in [-0.2, 0) is 27.4 Å². The summed E-state index contributed by atoms with van der Waals surface area (Å²) in [5, 5.41) is 2.91. The lowest BCUT2D eigenvalue weighted by molar-refractivity contribution is -0.696. The number of nitrogens with zero attached hydrogens (tertiary/aromatic N) is 3. The number of aromatic nitrogens is 2. The van der Waals surface area contributed by atoms with Gasteiger partial charge in [0.2, 0.25) is 18.1 Å². The largest absolute Gasteiger partial charge is 0.362 e. The number of ether oxygens (including phenoxy) is 1. The molecule has 1 rings (SSSR count). The second-order valence-electron chi connectivity index (χ2n) is 10.4. The van der Waals surface area contributed by atoms with Gasteiger partial charge in [0.05, 0.1) is 13.1 Å². The average molecular weight is 522 g/mol. The van der Waals surface area contributed by atoms with Crippen LogP contribution in [0, 0.1) is 0 Å². The first-order chi connectivity index (χ1) is 18.1. The summed E-state index contributed by atoms with van der Waals surface area (Å²) in [6, 6.07) is 0. The Hall–Kier alpha value is -1.89. The molecule has 0 saturated carbocycles. The molecule has 0 aliphatic heterocycles. The molecule has 0 aliphatic rings. The van der Waals surface area contributed by atoms with Crippen molar-refractivity contribution in [2.45, 2.75) is 130 Å². The number of aryl methyl sites for hydroxylation is 2. The average Bonchev–Trinajstić information content (AvgIpc) is 3.35. The molecule has 0 radical (unpaired) electrons. The molecule has 1 aromatic heterocycles. The second kappa shape index (κ2) is 23.2. The Balaban J connectivity index is 2.25. The fraction of sp³-hybridized carbons (Fsp3) is 0.833. The Morgan fingerprint density at radius 1 is 0.784 bits per heavy atom. The van der Waals surface area contributed by atoms with Gasteiger partial charge >= 0.3 is 0 Å². The van der Waals surface area contributed by atoms with Crippen LogP contribution in [0.3, 0.4) is 0 Å². The smallest absolute Gasteiger partial charge is 0.248 e. The van der Waals surface area contributed by atoms with Gasteiger partial charge in [-0.1, -0.05) is 91.4 Å². The van der Waals surface area contributed by atoms with Crippen molar-refractivity contribution in [2.75, 3.05) is 32.8 Å². The van der Waals surface area contributed by atoms with Crippen LogP contribution in [0.15, 0.2) is 18.7 Å². The SMILES string of the molecule is CCCCCCCCN(CCCCCCCC)C(=O)COCC(=O)NCCC[n+]1ccn(CCCC)c1. The third kappa shape index (κ3) is 18.1. The molecule has 2 amide bonds. The van der Waals surface area contributed by atoms with Gasteiger partial charge in [0, 0.05) is 26.1 Å². The number of hydrogen-bond donors (Lipinski definition) is 1. The zero-order valence-corrected chi connectivity index (χ0v) is 24.4. The highest BCUT2D eigenvalue weighted by Crippen LogP contribution is 2.09. The molecule has 0 atom stereocenters. The fourth-order valence-corrected chi connectivity index (χ4v) is 4.43. The summed E-state index contributed by atoms with van der Waals surface area (Å²) < 4.78 is 9.86. The molecule has 0 unspecified atom stereocenters. The number of rotatable bonds is 25. The van der Waals surface area contributed by atoms with E-state index in [1.165, 1.54) is 77.0 Å². The summed E-state index contributed by atoms with van der Waals surface area (Å²) >= 11 is 0. The molecule has 0 aromatic carbocycles. The maximum atomic E-state index is 12.8. The number of carbonyl (C=O) groups is 2. The van der Waals surface area contributed by atoms with Gasteiger partial charge in [-0.25, -0.2) is 9.13 Å². The molecule has 1 aromatic rings. The second-order valence-corrected chi connectivity index (χ2v) is 10.4. The Bertz CT molecular complexity index is 676. The molecule has 1 N–H and O–H groups in total. The third-order valence-corrected chi connectivity index (χ3v) is 6.81. The van der Waals surface area contributed by atoms with E-state index in [1.807, 2.05) is 4.90 Å².